The van der Waals surface area contributed by atoms with Crippen molar-refractivity contribution >= 4 is 33.3 Å². The Balaban J connectivity index is 2.41. The number of aromatic nitrogens is 2. The fraction of sp³-hybridized carbons (Fsp3) is 0.625. The molecule has 0 amide bonds. The molecular weight excluding hydrogens is 316 g/mol. The van der Waals surface area contributed by atoms with Crippen molar-refractivity contribution in [3.05, 3.63) is 20.8 Å². The minimum atomic E-state index is 0.110. The molecule has 0 spiro atoms. The van der Waals surface area contributed by atoms with E-state index in [-0.39, 0.29) is 5.56 Å². The largest absolute Gasteiger partial charge is 0.381 e. The molecule has 2 aromatic heterocycles. The summed E-state index contributed by atoms with van der Waals surface area (Å²) in [6.07, 6.45) is 2.06. The first-order valence-electron chi connectivity index (χ1n) is 7.81. The summed E-state index contributed by atoms with van der Waals surface area (Å²) in [5.74, 6) is 0.821. The summed E-state index contributed by atoms with van der Waals surface area (Å²) in [7, 11) is 0. The zero-order valence-electron chi connectivity index (χ0n) is 13.8. The number of fused-ring (bicyclic) bond motifs is 1. The molecule has 4 nitrogen and oxygen atoms in total. The molecule has 0 unspecified atom stereocenters. The van der Waals surface area contributed by atoms with Crippen LogP contribution in [0, 0.1) is 13.8 Å². The summed E-state index contributed by atoms with van der Waals surface area (Å²) < 4.78 is 7.23. The summed E-state index contributed by atoms with van der Waals surface area (Å²) in [5, 5.41) is 1.62. The van der Waals surface area contributed by atoms with Crippen molar-refractivity contribution in [2.75, 3.05) is 19.0 Å². The van der Waals surface area contributed by atoms with Gasteiger partial charge in [0.2, 0.25) is 0 Å². The van der Waals surface area contributed by atoms with E-state index in [1.807, 2.05) is 18.4 Å². The number of rotatable bonds is 8. The van der Waals surface area contributed by atoms with Crippen molar-refractivity contribution in [1.29, 1.82) is 0 Å². The van der Waals surface area contributed by atoms with Gasteiger partial charge in [0, 0.05) is 23.8 Å². The van der Waals surface area contributed by atoms with Crippen LogP contribution in [-0.4, -0.2) is 28.5 Å². The highest BCUT2D eigenvalue weighted by atomic mass is 32.2. The van der Waals surface area contributed by atoms with E-state index in [1.54, 1.807) is 23.1 Å². The minimum Gasteiger partial charge on any atom is -0.381 e. The van der Waals surface area contributed by atoms with E-state index in [1.165, 1.54) is 4.88 Å². The molecular formula is C16H24N2O2S2. The lowest BCUT2D eigenvalue weighted by atomic mass is 10.2. The molecule has 122 valence electrons. The maximum absolute atomic E-state index is 12.9. The Morgan fingerprint density at radius 3 is 2.77 bits per heavy atom. The first kappa shape index (κ1) is 17.5. The smallest absolute Gasteiger partial charge is 0.263 e. The van der Waals surface area contributed by atoms with Crippen LogP contribution in [0.3, 0.4) is 0 Å². The highest BCUT2D eigenvalue weighted by molar-refractivity contribution is 7.99. The van der Waals surface area contributed by atoms with E-state index in [4.69, 9.17) is 9.72 Å². The number of nitrogens with zero attached hydrogens (tertiary/aromatic N) is 2. The average Bonchev–Trinajstić information content (AvgIpc) is 2.78. The standard InChI is InChI=1S/C16H24N2O2S2/c1-5-7-8-18-15(19)13-11(3)12(4)22-14(13)17-16(18)21-10-9-20-6-2/h5-10H2,1-4H3. The number of hydrogen-bond donors (Lipinski definition) is 0. The maximum atomic E-state index is 12.9. The van der Waals surface area contributed by atoms with Crippen molar-refractivity contribution in [2.45, 2.75) is 52.2 Å². The fourth-order valence-electron chi connectivity index (χ4n) is 2.27. The first-order valence-corrected chi connectivity index (χ1v) is 9.61. The van der Waals surface area contributed by atoms with Crippen molar-refractivity contribution < 1.29 is 4.74 Å². The molecule has 0 bridgehead atoms. The molecule has 0 N–H and O–H groups in total. The van der Waals surface area contributed by atoms with Gasteiger partial charge in [-0.3, -0.25) is 9.36 Å². The molecule has 0 aromatic carbocycles. The van der Waals surface area contributed by atoms with Gasteiger partial charge in [0.05, 0.1) is 12.0 Å². The molecule has 0 radical (unpaired) electrons. The van der Waals surface area contributed by atoms with E-state index < -0.39 is 0 Å². The van der Waals surface area contributed by atoms with Crippen LogP contribution in [-0.2, 0) is 11.3 Å². The Hall–Kier alpha value is -0.850. The van der Waals surface area contributed by atoms with Gasteiger partial charge in [-0.15, -0.1) is 11.3 Å². The van der Waals surface area contributed by atoms with Gasteiger partial charge < -0.3 is 4.74 Å². The Morgan fingerprint density at radius 2 is 2.09 bits per heavy atom. The Labute approximate surface area is 139 Å². The monoisotopic (exact) mass is 340 g/mol. The second-order valence-corrected chi connectivity index (χ2v) is 7.48. The molecule has 2 aromatic rings. The second kappa shape index (κ2) is 8.13. The quantitative estimate of drug-likeness (QED) is 0.414. The number of hydrogen-bond acceptors (Lipinski definition) is 5. The van der Waals surface area contributed by atoms with Gasteiger partial charge in [-0.1, -0.05) is 25.1 Å². The molecule has 0 aliphatic rings. The molecule has 0 saturated heterocycles. The van der Waals surface area contributed by atoms with Crippen molar-refractivity contribution in [1.82, 2.24) is 9.55 Å². The van der Waals surface area contributed by atoms with Gasteiger partial charge in [0.25, 0.3) is 5.56 Å². The number of ether oxygens (including phenoxy) is 1. The van der Waals surface area contributed by atoms with Crippen LogP contribution in [0.5, 0.6) is 0 Å². The average molecular weight is 341 g/mol. The molecule has 0 aliphatic carbocycles. The molecule has 0 saturated carbocycles. The Kier molecular flexibility index (Phi) is 6.47. The summed E-state index contributed by atoms with van der Waals surface area (Å²) in [6, 6.07) is 0. The van der Waals surface area contributed by atoms with E-state index in [0.29, 0.717) is 6.61 Å². The van der Waals surface area contributed by atoms with Gasteiger partial charge in [-0.25, -0.2) is 4.98 Å². The SMILES string of the molecule is CCCCn1c(SCCOCC)nc2sc(C)c(C)c2c1=O. The zero-order chi connectivity index (χ0) is 16.1. The van der Waals surface area contributed by atoms with Crippen LogP contribution in [0.25, 0.3) is 10.2 Å². The Morgan fingerprint density at radius 1 is 1.32 bits per heavy atom. The topological polar surface area (TPSA) is 44.1 Å². The predicted octanol–water partition coefficient (Wildman–Crippen LogP) is 4.00. The van der Waals surface area contributed by atoms with Gasteiger partial charge in [-0.2, -0.15) is 0 Å². The lowest BCUT2D eigenvalue weighted by Gasteiger charge is -2.11. The lowest BCUT2D eigenvalue weighted by molar-refractivity contribution is 0.164. The van der Waals surface area contributed by atoms with Crippen molar-refractivity contribution in [2.24, 2.45) is 0 Å². The fourth-order valence-corrected chi connectivity index (χ4v) is 4.22. The number of thiophene rings is 1. The van der Waals surface area contributed by atoms with Crippen molar-refractivity contribution in [3.63, 3.8) is 0 Å². The number of aryl methyl sites for hydroxylation is 2. The Bertz CT molecular complexity index is 691. The molecule has 0 fully saturated rings. The maximum Gasteiger partial charge on any atom is 0.263 e. The summed E-state index contributed by atoms with van der Waals surface area (Å²) in [5.41, 5.74) is 1.19. The van der Waals surface area contributed by atoms with E-state index in [0.717, 1.165) is 52.7 Å². The van der Waals surface area contributed by atoms with E-state index >= 15 is 0 Å². The summed E-state index contributed by atoms with van der Waals surface area (Å²) in [6.45, 7) is 10.3. The van der Waals surface area contributed by atoms with Crippen molar-refractivity contribution in [3.8, 4) is 0 Å². The van der Waals surface area contributed by atoms with Crippen LogP contribution in [0.1, 0.15) is 37.1 Å². The van der Waals surface area contributed by atoms with Crippen LogP contribution < -0.4 is 5.56 Å². The zero-order valence-corrected chi connectivity index (χ0v) is 15.4. The normalized spacial score (nSPS) is 11.5. The van der Waals surface area contributed by atoms with Crippen LogP contribution in [0.4, 0.5) is 0 Å². The van der Waals surface area contributed by atoms with Gasteiger partial charge in [0.15, 0.2) is 5.16 Å². The molecule has 0 aliphatic heterocycles. The molecule has 2 heterocycles. The van der Waals surface area contributed by atoms with Crippen LogP contribution in [0.15, 0.2) is 9.95 Å². The van der Waals surface area contributed by atoms with E-state index in [2.05, 4.69) is 13.8 Å². The summed E-state index contributed by atoms with van der Waals surface area (Å²) in [4.78, 5) is 19.7. The highest BCUT2D eigenvalue weighted by Crippen LogP contribution is 2.28. The molecule has 2 rings (SSSR count). The third kappa shape index (κ3) is 3.73. The van der Waals surface area contributed by atoms with Gasteiger partial charge in [0.1, 0.15) is 4.83 Å². The van der Waals surface area contributed by atoms with Gasteiger partial charge >= 0.3 is 0 Å². The third-order valence-electron chi connectivity index (χ3n) is 3.65. The number of unbranched alkanes of at least 4 members (excludes halogenated alkanes) is 1. The van der Waals surface area contributed by atoms with Crippen LogP contribution in [0.2, 0.25) is 0 Å². The third-order valence-corrected chi connectivity index (χ3v) is 5.69. The highest BCUT2D eigenvalue weighted by Gasteiger charge is 2.16. The summed E-state index contributed by atoms with van der Waals surface area (Å²) >= 11 is 3.23. The van der Waals surface area contributed by atoms with E-state index in [9.17, 15) is 4.79 Å². The predicted molar refractivity (Wildman–Crippen MR) is 95.5 cm³/mol. The van der Waals surface area contributed by atoms with Crippen LogP contribution >= 0.6 is 23.1 Å². The molecule has 0 atom stereocenters. The number of thioether (sulfide) groups is 1. The lowest BCUT2D eigenvalue weighted by Crippen LogP contribution is -2.23. The molecule has 22 heavy (non-hydrogen) atoms. The first-order chi connectivity index (χ1) is 10.6. The van der Waals surface area contributed by atoms with Gasteiger partial charge in [-0.05, 0) is 32.8 Å². The second-order valence-electron chi connectivity index (χ2n) is 5.21. The molecule has 6 heteroatoms. The minimum absolute atomic E-state index is 0.110.